The number of carbonyl (C=O) groups excluding carboxylic acids is 2. The zero-order valence-corrected chi connectivity index (χ0v) is 24.2. The molecule has 4 nitrogen and oxygen atoms in total. The summed E-state index contributed by atoms with van der Waals surface area (Å²) < 4.78 is 12.7. The van der Waals surface area contributed by atoms with Gasteiger partial charge in [-0.15, -0.1) is 0 Å². The van der Waals surface area contributed by atoms with Crippen molar-refractivity contribution in [2.24, 2.45) is 10.8 Å². The van der Waals surface area contributed by atoms with Crippen LogP contribution in [-0.2, 0) is 19.1 Å². The SMILES string of the molecule is CCCCCCCCCC(=O)OC12CC3(C)CC(C)(C1)CC(OC(=O)CCCCCCCCC)(C3)C2. The van der Waals surface area contributed by atoms with Gasteiger partial charge in [0.2, 0.25) is 0 Å². The van der Waals surface area contributed by atoms with Crippen molar-refractivity contribution >= 4 is 11.9 Å². The van der Waals surface area contributed by atoms with Crippen LogP contribution in [0, 0.1) is 10.8 Å². The van der Waals surface area contributed by atoms with Gasteiger partial charge in [-0.25, -0.2) is 0 Å². The van der Waals surface area contributed by atoms with Crippen molar-refractivity contribution in [1.82, 2.24) is 0 Å². The first-order valence-electron chi connectivity index (χ1n) is 15.6. The van der Waals surface area contributed by atoms with Gasteiger partial charge in [-0.1, -0.05) is 105 Å². The number of unbranched alkanes of at least 4 members (excludes halogenated alkanes) is 12. The van der Waals surface area contributed by atoms with E-state index in [0.717, 1.165) is 57.8 Å². The minimum Gasteiger partial charge on any atom is -0.459 e. The summed E-state index contributed by atoms with van der Waals surface area (Å²) in [5.74, 6) is -0.0792. The highest BCUT2D eigenvalue weighted by Gasteiger charge is 2.68. The van der Waals surface area contributed by atoms with E-state index in [4.69, 9.17) is 9.47 Å². The Kier molecular flexibility index (Phi) is 10.8. The van der Waals surface area contributed by atoms with Crippen LogP contribution < -0.4 is 0 Å². The summed E-state index contributed by atoms with van der Waals surface area (Å²) in [6.07, 6.45) is 23.4. The van der Waals surface area contributed by atoms with Gasteiger partial charge in [0.25, 0.3) is 0 Å². The molecule has 0 saturated heterocycles. The minimum atomic E-state index is -0.448. The minimum absolute atomic E-state index is 0.0396. The van der Waals surface area contributed by atoms with Crippen LogP contribution in [-0.4, -0.2) is 23.1 Å². The van der Waals surface area contributed by atoms with E-state index in [0.29, 0.717) is 19.3 Å². The quantitative estimate of drug-likeness (QED) is 0.138. The van der Waals surface area contributed by atoms with Gasteiger partial charge in [0, 0.05) is 19.3 Å². The molecule has 4 bridgehead atoms. The second kappa shape index (κ2) is 13.1. The highest BCUT2D eigenvalue weighted by atomic mass is 16.6. The third kappa shape index (κ3) is 8.48. The lowest BCUT2D eigenvalue weighted by molar-refractivity contribution is -0.267. The average Bonchev–Trinajstić information content (AvgIpc) is 2.74. The first kappa shape index (κ1) is 29.5. The summed E-state index contributed by atoms with van der Waals surface area (Å²) in [7, 11) is 0. The van der Waals surface area contributed by atoms with Crippen LogP contribution in [0.4, 0.5) is 0 Å². The molecule has 4 saturated carbocycles. The van der Waals surface area contributed by atoms with Gasteiger partial charge in [-0.2, -0.15) is 0 Å². The molecule has 4 heteroatoms. The van der Waals surface area contributed by atoms with Crippen molar-refractivity contribution in [1.29, 1.82) is 0 Å². The van der Waals surface area contributed by atoms with E-state index in [9.17, 15) is 9.59 Å². The van der Waals surface area contributed by atoms with Gasteiger partial charge in [-0.05, 0) is 55.8 Å². The predicted molar refractivity (Wildman–Crippen MR) is 147 cm³/mol. The molecule has 4 rings (SSSR count). The van der Waals surface area contributed by atoms with E-state index in [-0.39, 0.29) is 22.8 Å². The molecular formula is C32H56O4. The van der Waals surface area contributed by atoms with E-state index in [1.54, 1.807) is 0 Å². The Morgan fingerprint density at radius 1 is 0.500 bits per heavy atom. The molecule has 0 aromatic heterocycles. The standard InChI is InChI=1S/C32H56O4/c1-5-7-9-11-13-15-17-19-27(33)35-31-22-29(3)21-30(4,23-31)25-32(24-29,26-31)36-28(34)20-18-16-14-12-10-8-6-2/h5-26H2,1-4H3. The average molecular weight is 505 g/mol. The predicted octanol–water partition coefficient (Wildman–Crippen LogP) is 9.23. The number of rotatable bonds is 18. The molecule has 4 aliphatic rings. The number of hydrogen-bond acceptors (Lipinski definition) is 4. The monoisotopic (exact) mass is 504 g/mol. The molecule has 36 heavy (non-hydrogen) atoms. The van der Waals surface area contributed by atoms with Crippen LogP contribution in [0.1, 0.15) is 169 Å². The number of hydrogen-bond donors (Lipinski definition) is 0. The van der Waals surface area contributed by atoms with Crippen LogP contribution >= 0.6 is 0 Å². The number of esters is 2. The molecule has 4 fully saturated rings. The van der Waals surface area contributed by atoms with Crippen molar-refractivity contribution in [2.75, 3.05) is 0 Å². The van der Waals surface area contributed by atoms with Crippen molar-refractivity contribution in [3.63, 3.8) is 0 Å². The fourth-order valence-corrected chi connectivity index (χ4v) is 8.73. The van der Waals surface area contributed by atoms with Crippen LogP contribution in [0.25, 0.3) is 0 Å². The van der Waals surface area contributed by atoms with Gasteiger partial charge >= 0.3 is 11.9 Å². The van der Waals surface area contributed by atoms with Gasteiger partial charge in [0.1, 0.15) is 11.2 Å². The Morgan fingerprint density at radius 2 is 0.833 bits per heavy atom. The van der Waals surface area contributed by atoms with E-state index < -0.39 is 11.2 Å². The summed E-state index contributed by atoms with van der Waals surface area (Å²) in [6, 6.07) is 0. The van der Waals surface area contributed by atoms with Crippen LogP contribution in [0.2, 0.25) is 0 Å². The lowest BCUT2D eigenvalue weighted by Gasteiger charge is -2.67. The maximum absolute atomic E-state index is 12.9. The van der Waals surface area contributed by atoms with E-state index in [2.05, 4.69) is 27.7 Å². The van der Waals surface area contributed by atoms with E-state index in [1.165, 1.54) is 64.2 Å². The Hall–Kier alpha value is -1.06. The molecule has 0 aliphatic heterocycles. The van der Waals surface area contributed by atoms with E-state index >= 15 is 0 Å². The Morgan fingerprint density at radius 3 is 1.19 bits per heavy atom. The molecule has 0 heterocycles. The fraction of sp³-hybridized carbons (Fsp3) is 0.938. The lowest BCUT2D eigenvalue weighted by Crippen LogP contribution is -2.67. The zero-order chi connectivity index (χ0) is 26.1. The van der Waals surface area contributed by atoms with Crippen molar-refractivity contribution in [3.8, 4) is 0 Å². The second-order valence-corrected chi connectivity index (χ2v) is 13.7. The second-order valence-electron chi connectivity index (χ2n) is 13.7. The van der Waals surface area contributed by atoms with Gasteiger partial charge < -0.3 is 9.47 Å². The fourth-order valence-electron chi connectivity index (χ4n) is 8.73. The summed E-state index contributed by atoms with van der Waals surface area (Å²) in [5, 5.41) is 0. The molecule has 208 valence electrons. The molecule has 0 atom stereocenters. The third-order valence-electron chi connectivity index (χ3n) is 9.12. The van der Waals surface area contributed by atoms with Crippen molar-refractivity contribution in [3.05, 3.63) is 0 Å². The zero-order valence-electron chi connectivity index (χ0n) is 24.2. The molecule has 0 aromatic rings. The third-order valence-corrected chi connectivity index (χ3v) is 9.12. The first-order valence-corrected chi connectivity index (χ1v) is 15.6. The van der Waals surface area contributed by atoms with Gasteiger partial charge in [0.15, 0.2) is 0 Å². The van der Waals surface area contributed by atoms with Crippen molar-refractivity contribution in [2.45, 2.75) is 180 Å². The smallest absolute Gasteiger partial charge is 0.306 e. The largest absolute Gasteiger partial charge is 0.459 e. The van der Waals surface area contributed by atoms with Crippen LogP contribution in [0.15, 0.2) is 0 Å². The van der Waals surface area contributed by atoms with Gasteiger partial charge in [-0.3, -0.25) is 9.59 Å². The number of ether oxygens (including phenoxy) is 2. The Bertz CT molecular complexity index is 641. The summed E-state index contributed by atoms with van der Waals surface area (Å²) in [6.45, 7) is 9.15. The van der Waals surface area contributed by atoms with Crippen LogP contribution in [0.3, 0.4) is 0 Å². The maximum Gasteiger partial charge on any atom is 0.306 e. The topological polar surface area (TPSA) is 52.6 Å². The molecule has 0 unspecified atom stereocenters. The van der Waals surface area contributed by atoms with Crippen molar-refractivity contribution < 1.29 is 19.1 Å². The highest BCUT2D eigenvalue weighted by Crippen LogP contribution is 2.69. The van der Waals surface area contributed by atoms with E-state index in [1.807, 2.05) is 0 Å². The Labute approximate surface area is 222 Å². The molecule has 0 spiro atoms. The molecule has 0 radical (unpaired) electrons. The summed E-state index contributed by atoms with van der Waals surface area (Å²) >= 11 is 0. The summed E-state index contributed by atoms with van der Waals surface area (Å²) in [4.78, 5) is 25.9. The number of carbonyl (C=O) groups is 2. The van der Waals surface area contributed by atoms with Gasteiger partial charge in [0.05, 0.1) is 0 Å². The molecular weight excluding hydrogens is 448 g/mol. The Balaban J connectivity index is 1.50. The maximum atomic E-state index is 12.9. The molecule has 4 aliphatic carbocycles. The highest BCUT2D eigenvalue weighted by molar-refractivity contribution is 5.71. The molecule has 0 N–H and O–H groups in total. The molecule has 0 aromatic carbocycles. The van der Waals surface area contributed by atoms with Crippen LogP contribution in [0.5, 0.6) is 0 Å². The molecule has 0 amide bonds. The summed E-state index contributed by atoms with van der Waals surface area (Å²) in [5.41, 5.74) is -0.725. The normalized spacial score (nSPS) is 32.6. The lowest BCUT2D eigenvalue weighted by atomic mass is 9.42. The first-order chi connectivity index (χ1) is 17.2.